The molecule has 2 aromatic rings. The zero-order valence-electron chi connectivity index (χ0n) is 12.5. The summed E-state index contributed by atoms with van der Waals surface area (Å²) in [6.07, 6.45) is 1.35. The van der Waals surface area contributed by atoms with Crippen molar-refractivity contribution in [3.63, 3.8) is 0 Å². The molecule has 0 saturated heterocycles. The summed E-state index contributed by atoms with van der Waals surface area (Å²) < 4.78 is 1.06. The average Bonchev–Trinajstić information content (AvgIpc) is 2.47. The molecule has 2 nitrogen and oxygen atoms in total. The lowest BCUT2D eigenvalue weighted by Gasteiger charge is -2.17. The Morgan fingerprint density at radius 2 is 1.81 bits per heavy atom. The molecule has 0 atom stereocenters. The summed E-state index contributed by atoms with van der Waals surface area (Å²) in [5.74, 6) is 0.180. The van der Waals surface area contributed by atoms with Crippen molar-refractivity contribution in [2.75, 3.05) is 7.05 Å². The van der Waals surface area contributed by atoms with E-state index in [1.165, 1.54) is 11.1 Å². The van der Waals surface area contributed by atoms with Gasteiger partial charge in [0.15, 0.2) is 0 Å². The number of rotatable bonds is 5. The van der Waals surface area contributed by atoms with E-state index in [9.17, 15) is 4.79 Å². The van der Waals surface area contributed by atoms with Gasteiger partial charge in [-0.05, 0) is 36.6 Å². The van der Waals surface area contributed by atoms with Crippen LogP contribution in [0, 0.1) is 6.92 Å². The first-order chi connectivity index (χ1) is 10.0. The van der Waals surface area contributed by atoms with Crippen molar-refractivity contribution in [1.82, 2.24) is 4.90 Å². The molecule has 0 saturated carbocycles. The Hall–Kier alpha value is -1.61. The van der Waals surface area contributed by atoms with Crippen LogP contribution in [0.5, 0.6) is 0 Å². The lowest BCUT2D eigenvalue weighted by molar-refractivity contribution is -0.130. The fraction of sp³-hybridized carbons (Fsp3) is 0.278. The van der Waals surface area contributed by atoms with E-state index in [-0.39, 0.29) is 5.91 Å². The van der Waals surface area contributed by atoms with Gasteiger partial charge in [0.05, 0.1) is 0 Å². The summed E-state index contributed by atoms with van der Waals surface area (Å²) in [7, 11) is 1.86. The fourth-order valence-electron chi connectivity index (χ4n) is 2.26. The van der Waals surface area contributed by atoms with Crippen molar-refractivity contribution < 1.29 is 4.79 Å². The van der Waals surface area contributed by atoms with E-state index in [1.807, 2.05) is 37.4 Å². The number of hydrogen-bond donors (Lipinski definition) is 0. The molecular weight excluding hydrogens is 326 g/mol. The minimum Gasteiger partial charge on any atom is -0.341 e. The molecule has 2 aromatic carbocycles. The SMILES string of the molecule is Cc1cccc(CCC(=O)N(C)Cc2ccc(Br)cc2)c1. The maximum atomic E-state index is 12.2. The predicted octanol–water partition coefficient (Wildman–Crippen LogP) is 4.35. The Morgan fingerprint density at radius 3 is 2.48 bits per heavy atom. The number of benzene rings is 2. The summed E-state index contributed by atoms with van der Waals surface area (Å²) in [5, 5.41) is 0. The zero-order valence-corrected chi connectivity index (χ0v) is 14.1. The second-order valence-corrected chi connectivity index (χ2v) is 6.28. The minimum absolute atomic E-state index is 0.180. The number of aryl methyl sites for hydroxylation is 2. The Kier molecular flexibility index (Phi) is 5.57. The summed E-state index contributed by atoms with van der Waals surface area (Å²) in [6, 6.07) is 16.4. The molecule has 0 aromatic heterocycles. The van der Waals surface area contributed by atoms with Gasteiger partial charge in [-0.25, -0.2) is 0 Å². The van der Waals surface area contributed by atoms with Crippen LogP contribution in [0.2, 0.25) is 0 Å². The number of halogens is 1. The Balaban J connectivity index is 1.86. The van der Waals surface area contributed by atoms with Crippen molar-refractivity contribution >= 4 is 21.8 Å². The quantitative estimate of drug-likeness (QED) is 0.788. The highest BCUT2D eigenvalue weighted by Crippen LogP contribution is 2.13. The number of carbonyl (C=O) groups excluding carboxylic acids is 1. The molecule has 21 heavy (non-hydrogen) atoms. The van der Waals surface area contributed by atoms with Gasteiger partial charge in [0, 0.05) is 24.5 Å². The minimum atomic E-state index is 0.180. The molecular formula is C18H20BrNO. The number of carbonyl (C=O) groups is 1. The molecule has 110 valence electrons. The third kappa shape index (κ3) is 5.01. The molecule has 0 N–H and O–H groups in total. The van der Waals surface area contributed by atoms with E-state index in [4.69, 9.17) is 0 Å². The van der Waals surface area contributed by atoms with Crippen LogP contribution >= 0.6 is 15.9 Å². The van der Waals surface area contributed by atoms with Crippen LogP contribution < -0.4 is 0 Å². The van der Waals surface area contributed by atoms with Crippen LogP contribution in [0.1, 0.15) is 23.1 Å². The van der Waals surface area contributed by atoms with Crippen molar-refractivity contribution in [1.29, 1.82) is 0 Å². The van der Waals surface area contributed by atoms with E-state index >= 15 is 0 Å². The highest BCUT2D eigenvalue weighted by molar-refractivity contribution is 9.10. The first-order valence-corrected chi connectivity index (χ1v) is 7.88. The molecule has 1 amide bonds. The van der Waals surface area contributed by atoms with Crippen molar-refractivity contribution in [3.05, 3.63) is 69.7 Å². The van der Waals surface area contributed by atoms with E-state index in [0.29, 0.717) is 13.0 Å². The summed E-state index contributed by atoms with van der Waals surface area (Å²) in [5.41, 5.74) is 3.60. The van der Waals surface area contributed by atoms with Crippen LogP contribution in [0.3, 0.4) is 0 Å². The molecule has 0 aliphatic heterocycles. The summed E-state index contributed by atoms with van der Waals surface area (Å²) >= 11 is 3.42. The van der Waals surface area contributed by atoms with E-state index in [0.717, 1.165) is 16.5 Å². The number of hydrogen-bond acceptors (Lipinski definition) is 1. The molecule has 0 unspecified atom stereocenters. The third-order valence-corrected chi connectivity index (χ3v) is 4.00. The molecule has 0 spiro atoms. The number of nitrogens with zero attached hydrogens (tertiary/aromatic N) is 1. The van der Waals surface area contributed by atoms with Crippen molar-refractivity contribution in [2.45, 2.75) is 26.3 Å². The van der Waals surface area contributed by atoms with Crippen LogP contribution in [-0.4, -0.2) is 17.9 Å². The normalized spacial score (nSPS) is 10.4. The molecule has 0 heterocycles. The van der Waals surface area contributed by atoms with Crippen molar-refractivity contribution in [2.24, 2.45) is 0 Å². The second kappa shape index (κ2) is 7.41. The first-order valence-electron chi connectivity index (χ1n) is 7.08. The third-order valence-electron chi connectivity index (χ3n) is 3.47. The largest absolute Gasteiger partial charge is 0.341 e. The Morgan fingerprint density at radius 1 is 1.10 bits per heavy atom. The molecule has 0 bridgehead atoms. The van der Waals surface area contributed by atoms with Gasteiger partial charge in [-0.1, -0.05) is 57.9 Å². The van der Waals surface area contributed by atoms with Crippen LogP contribution in [-0.2, 0) is 17.8 Å². The second-order valence-electron chi connectivity index (χ2n) is 5.37. The van der Waals surface area contributed by atoms with Gasteiger partial charge in [-0.15, -0.1) is 0 Å². The van der Waals surface area contributed by atoms with Crippen LogP contribution in [0.4, 0.5) is 0 Å². The van der Waals surface area contributed by atoms with Gasteiger partial charge >= 0.3 is 0 Å². The fourth-order valence-corrected chi connectivity index (χ4v) is 2.53. The molecule has 0 fully saturated rings. The lowest BCUT2D eigenvalue weighted by atomic mass is 10.1. The first kappa shape index (κ1) is 15.8. The van der Waals surface area contributed by atoms with E-state index in [1.54, 1.807) is 4.90 Å². The van der Waals surface area contributed by atoms with Gasteiger partial charge in [-0.3, -0.25) is 4.79 Å². The topological polar surface area (TPSA) is 20.3 Å². The maximum absolute atomic E-state index is 12.2. The lowest BCUT2D eigenvalue weighted by Crippen LogP contribution is -2.26. The van der Waals surface area contributed by atoms with Gasteiger partial charge in [0.25, 0.3) is 0 Å². The standard InChI is InChI=1S/C18H20BrNO/c1-14-4-3-5-15(12-14)8-11-18(21)20(2)13-16-6-9-17(19)10-7-16/h3-7,9-10,12H,8,11,13H2,1-2H3. The van der Waals surface area contributed by atoms with Gasteiger partial charge in [-0.2, -0.15) is 0 Å². The molecule has 3 heteroatoms. The predicted molar refractivity (Wildman–Crippen MR) is 90.1 cm³/mol. The van der Waals surface area contributed by atoms with Gasteiger partial charge in [0.2, 0.25) is 5.91 Å². The van der Waals surface area contributed by atoms with Gasteiger partial charge < -0.3 is 4.90 Å². The molecule has 2 rings (SSSR count). The molecule has 0 aliphatic carbocycles. The summed E-state index contributed by atoms with van der Waals surface area (Å²) in [4.78, 5) is 14.0. The molecule has 0 aliphatic rings. The van der Waals surface area contributed by atoms with E-state index < -0.39 is 0 Å². The smallest absolute Gasteiger partial charge is 0.222 e. The monoisotopic (exact) mass is 345 g/mol. The summed E-state index contributed by atoms with van der Waals surface area (Å²) in [6.45, 7) is 2.73. The van der Waals surface area contributed by atoms with Crippen molar-refractivity contribution in [3.8, 4) is 0 Å². The maximum Gasteiger partial charge on any atom is 0.222 e. The Bertz CT molecular complexity index is 607. The average molecular weight is 346 g/mol. The highest BCUT2D eigenvalue weighted by atomic mass is 79.9. The Labute approximate surface area is 134 Å². The van der Waals surface area contributed by atoms with Crippen LogP contribution in [0.15, 0.2) is 53.0 Å². The van der Waals surface area contributed by atoms with Gasteiger partial charge in [0.1, 0.15) is 0 Å². The zero-order chi connectivity index (χ0) is 15.2. The molecule has 0 radical (unpaired) electrons. The number of amides is 1. The van der Waals surface area contributed by atoms with E-state index in [2.05, 4.69) is 41.1 Å². The van der Waals surface area contributed by atoms with Crippen LogP contribution in [0.25, 0.3) is 0 Å². The highest BCUT2D eigenvalue weighted by Gasteiger charge is 2.09.